The lowest BCUT2D eigenvalue weighted by molar-refractivity contribution is -0.353. The Labute approximate surface area is 417 Å². The Bertz CT molecular complexity index is 2670. The van der Waals surface area contributed by atoms with Crippen LogP contribution in [0.15, 0.2) is 182 Å². The van der Waals surface area contributed by atoms with Gasteiger partial charge in [-0.3, -0.25) is 0 Å². The van der Waals surface area contributed by atoms with Gasteiger partial charge in [-0.25, -0.2) is 19.2 Å². The number of hydrogen-bond donors (Lipinski definition) is 3. The van der Waals surface area contributed by atoms with E-state index >= 15 is 0 Å². The van der Waals surface area contributed by atoms with Crippen LogP contribution in [0.3, 0.4) is 0 Å². The van der Waals surface area contributed by atoms with Gasteiger partial charge in [0.1, 0.15) is 37.1 Å². The van der Waals surface area contributed by atoms with Crippen molar-refractivity contribution in [3.8, 4) is 0 Å². The van der Waals surface area contributed by atoms with Crippen molar-refractivity contribution >= 4 is 42.6 Å². The van der Waals surface area contributed by atoms with Crippen LogP contribution in [-0.4, -0.2) is 122 Å². The maximum absolute atomic E-state index is 14.2. The van der Waals surface area contributed by atoms with Crippen molar-refractivity contribution in [3.05, 3.63) is 204 Å². The molecule has 2 aliphatic rings. The summed E-state index contributed by atoms with van der Waals surface area (Å²) in [5.74, 6) is -3.55. The summed E-state index contributed by atoms with van der Waals surface area (Å²) in [6.45, 7) is 5.21. The van der Waals surface area contributed by atoms with Gasteiger partial charge in [0.15, 0.2) is 30.9 Å². The lowest BCUT2D eigenvalue weighted by Crippen LogP contribution is -2.69. The van der Waals surface area contributed by atoms with E-state index in [2.05, 4.69) is 20.8 Å². The SMILES string of the molecule is CC(C)(C)[Si](OC[C@H]1O[C@H](O)[C@@H](O)[C@@H](O)[C@@H]1O[C@H]1O[C@H](COC(=O)c2ccccc2)[C@@H](OC(=O)c2ccccc2)[C@H](OC(=O)c2ccccc2)[C@@H]1OC(=O)c1ccccc1)(c1ccccc1)c1ccccc1. The van der Waals surface area contributed by atoms with Gasteiger partial charge in [-0.15, -0.1) is 0 Å². The van der Waals surface area contributed by atoms with E-state index in [0.717, 1.165) is 10.4 Å². The maximum atomic E-state index is 14.2. The highest BCUT2D eigenvalue weighted by molar-refractivity contribution is 6.99. The fourth-order valence-electron chi connectivity index (χ4n) is 8.98. The van der Waals surface area contributed by atoms with E-state index in [1.807, 2.05) is 60.7 Å². The fourth-order valence-corrected chi connectivity index (χ4v) is 13.6. The van der Waals surface area contributed by atoms with Crippen LogP contribution in [0.4, 0.5) is 0 Å². The van der Waals surface area contributed by atoms with E-state index in [-0.39, 0.29) is 28.9 Å². The van der Waals surface area contributed by atoms with Gasteiger partial charge in [0, 0.05) is 0 Å². The molecular formula is C56H56O15Si. The highest BCUT2D eigenvalue weighted by Gasteiger charge is 2.57. The zero-order valence-corrected chi connectivity index (χ0v) is 40.7. The number of aliphatic hydroxyl groups excluding tert-OH is 3. The van der Waals surface area contributed by atoms with Gasteiger partial charge < -0.3 is 52.9 Å². The molecule has 0 amide bonds. The topological polar surface area (TPSA) is 203 Å². The normalized spacial score (nSPS) is 24.3. The standard InChI is InChI=1S/C56H56O15Si/c1-56(2,3)72(40-30-18-8-19-31-40,41-32-20-9-21-33-41)65-35-43-46(44(57)45(58)54(63)66-43)71-55-49(70-53(62)39-28-16-7-17-29-39)48(69-52(61)38-26-14-6-15-27-38)47(68-51(60)37-24-12-5-13-25-37)42(67-55)34-64-50(59)36-22-10-4-11-23-36/h4-33,42-49,54-55,57-58,63H,34-35H2,1-3H3/t42-,43-,44-,45+,46-,47-,48+,49+,54+,55-/m1/s1. The van der Waals surface area contributed by atoms with Crippen LogP contribution in [0, 0.1) is 0 Å². The molecule has 0 radical (unpaired) electrons. The second kappa shape index (κ2) is 23.1. The summed E-state index contributed by atoms with van der Waals surface area (Å²) in [5.41, 5.74) is 0.417. The molecule has 8 rings (SSSR count). The Morgan fingerprint density at radius 3 is 1.26 bits per heavy atom. The first-order chi connectivity index (χ1) is 34.7. The van der Waals surface area contributed by atoms with E-state index in [0.29, 0.717) is 0 Å². The summed E-state index contributed by atoms with van der Waals surface area (Å²) in [6, 6.07) is 51.2. The van der Waals surface area contributed by atoms with Crippen molar-refractivity contribution in [2.45, 2.75) is 87.2 Å². The first kappa shape index (κ1) is 51.5. The summed E-state index contributed by atoms with van der Waals surface area (Å²) in [7, 11) is -3.34. The van der Waals surface area contributed by atoms with Gasteiger partial charge in [0.25, 0.3) is 8.32 Å². The van der Waals surface area contributed by atoms with E-state index in [1.165, 1.54) is 48.5 Å². The molecule has 3 N–H and O–H groups in total. The molecule has 72 heavy (non-hydrogen) atoms. The van der Waals surface area contributed by atoms with Crippen molar-refractivity contribution in [1.82, 2.24) is 0 Å². The molecule has 0 aromatic heterocycles. The minimum atomic E-state index is -3.34. The molecule has 2 fully saturated rings. The van der Waals surface area contributed by atoms with Crippen LogP contribution >= 0.6 is 0 Å². The Morgan fingerprint density at radius 1 is 0.458 bits per heavy atom. The molecule has 374 valence electrons. The van der Waals surface area contributed by atoms with Crippen LogP contribution in [0.2, 0.25) is 5.04 Å². The minimum Gasteiger partial charge on any atom is -0.459 e. The summed E-state index contributed by atoms with van der Waals surface area (Å²) in [5, 5.41) is 35.6. The number of carbonyl (C=O) groups excluding carboxylic acids is 4. The molecule has 0 aliphatic carbocycles. The van der Waals surface area contributed by atoms with Crippen LogP contribution in [0.25, 0.3) is 0 Å². The Hall–Kier alpha value is -6.86. The fraction of sp³-hybridized carbons (Fsp3) is 0.286. The van der Waals surface area contributed by atoms with Gasteiger partial charge in [0.2, 0.25) is 0 Å². The smallest absolute Gasteiger partial charge is 0.338 e. The molecule has 2 aliphatic heterocycles. The molecule has 6 aromatic carbocycles. The van der Waals surface area contributed by atoms with Crippen LogP contribution in [0.5, 0.6) is 0 Å². The number of esters is 4. The summed E-state index contributed by atoms with van der Waals surface area (Å²) in [6.07, 6.45) is -17.5. The number of ether oxygens (including phenoxy) is 7. The molecule has 10 atom stereocenters. The lowest BCUT2D eigenvalue weighted by atomic mass is 9.96. The molecule has 0 unspecified atom stereocenters. The lowest BCUT2D eigenvalue weighted by Gasteiger charge is -2.48. The van der Waals surface area contributed by atoms with E-state index in [1.54, 1.807) is 72.8 Å². The quantitative estimate of drug-likeness (QED) is 0.0610. The minimum absolute atomic E-state index is 0.0669. The van der Waals surface area contributed by atoms with Crippen LogP contribution in [-0.2, 0) is 37.6 Å². The molecular weight excluding hydrogens is 941 g/mol. The number of carbonyl (C=O) groups is 4. The summed E-state index contributed by atoms with van der Waals surface area (Å²) >= 11 is 0. The predicted molar refractivity (Wildman–Crippen MR) is 264 cm³/mol. The highest BCUT2D eigenvalue weighted by Crippen LogP contribution is 2.39. The molecule has 2 saturated heterocycles. The number of hydrogen-bond acceptors (Lipinski definition) is 15. The Balaban J connectivity index is 1.22. The van der Waals surface area contributed by atoms with Crippen molar-refractivity contribution in [1.29, 1.82) is 0 Å². The first-order valence-electron chi connectivity index (χ1n) is 23.5. The molecule has 15 nitrogen and oxygen atoms in total. The third kappa shape index (κ3) is 11.6. The van der Waals surface area contributed by atoms with Gasteiger partial charge in [0.05, 0.1) is 28.9 Å². The summed E-state index contributed by atoms with van der Waals surface area (Å²) in [4.78, 5) is 56.1. The molecule has 6 aromatic rings. The largest absolute Gasteiger partial charge is 0.459 e. The summed E-state index contributed by atoms with van der Waals surface area (Å²) < 4.78 is 50.9. The van der Waals surface area contributed by atoms with Crippen LogP contribution < -0.4 is 10.4 Å². The van der Waals surface area contributed by atoms with Crippen molar-refractivity contribution < 1.29 is 72.1 Å². The van der Waals surface area contributed by atoms with Crippen LogP contribution in [0.1, 0.15) is 62.2 Å². The van der Waals surface area contributed by atoms with E-state index in [9.17, 15) is 34.5 Å². The average Bonchev–Trinajstić information content (AvgIpc) is 3.41. The van der Waals surface area contributed by atoms with E-state index in [4.69, 9.17) is 37.6 Å². The number of rotatable bonds is 16. The third-order valence-corrected chi connectivity index (χ3v) is 17.6. The monoisotopic (exact) mass is 996 g/mol. The molecule has 0 spiro atoms. The highest BCUT2D eigenvalue weighted by atomic mass is 28.4. The Morgan fingerprint density at radius 2 is 0.833 bits per heavy atom. The predicted octanol–water partition coefficient (Wildman–Crippen LogP) is 5.65. The zero-order chi connectivity index (χ0) is 50.8. The second-order valence-electron chi connectivity index (χ2n) is 18.3. The first-order valence-corrected chi connectivity index (χ1v) is 25.4. The van der Waals surface area contributed by atoms with Gasteiger partial charge >= 0.3 is 23.9 Å². The molecule has 0 saturated carbocycles. The zero-order valence-electron chi connectivity index (χ0n) is 39.7. The third-order valence-electron chi connectivity index (χ3n) is 12.6. The number of benzene rings is 6. The second-order valence-corrected chi connectivity index (χ2v) is 22.6. The average molecular weight is 997 g/mol. The maximum Gasteiger partial charge on any atom is 0.338 e. The van der Waals surface area contributed by atoms with Crippen molar-refractivity contribution in [3.63, 3.8) is 0 Å². The van der Waals surface area contributed by atoms with Gasteiger partial charge in [-0.2, -0.15) is 0 Å². The Kier molecular flexibility index (Phi) is 16.5. The van der Waals surface area contributed by atoms with Crippen molar-refractivity contribution in [2.75, 3.05) is 13.2 Å². The molecule has 2 heterocycles. The van der Waals surface area contributed by atoms with Gasteiger partial charge in [-0.05, 0) is 63.9 Å². The molecule has 16 heteroatoms. The molecule has 0 bridgehead atoms. The van der Waals surface area contributed by atoms with Gasteiger partial charge in [-0.1, -0.05) is 154 Å². The van der Waals surface area contributed by atoms with E-state index < -0.39 is 105 Å². The number of aliphatic hydroxyl groups is 3. The van der Waals surface area contributed by atoms with Crippen molar-refractivity contribution in [2.24, 2.45) is 0 Å².